The van der Waals surface area contributed by atoms with E-state index in [9.17, 15) is 0 Å². The number of ether oxygens (including phenoxy) is 3. The van der Waals surface area contributed by atoms with Gasteiger partial charge < -0.3 is 19.5 Å². The number of fused-ring (bicyclic) bond motifs is 1. The summed E-state index contributed by atoms with van der Waals surface area (Å²) in [5.41, 5.74) is 1.94. The summed E-state index contributed by atoms with van der Waals surface area (Å²) in [5, 5.41) is 3.33. The van der Waals surface area contributed by atoms with E-state index in [1.807, 2.05) is 31.2 Å². The molecule has 3 rings (SSSR count). The van der Waals surface area contributed by atoms with Crippen LogP contribution < -0.4 is 19.5 Å². The van der Waals surface area contributed by atoms with Crippen LogP contribution >= 0.6 is 15.9 Å². The van der Waals surface area contributed by atoms with E-state index < -0.39 is 0 Å². The van der Waals surface area contributed by atoms with Gasteiger partial charge in [-0.05, 0) is 36.8 Å². The number of halogens is 1. The molecular weight excluding hydrogens is 336 g/mol. The van der Waals surface area contributed by atoms with E-state index in [1.165, 1.54) is 0 Å². The lowest BCUT2D eigenvalue weighted by Crippen LogP contribution is -2.04. The standard InChI is InChI=1S/C15H15BrN2O3/c1-2-19-15-12(4-3-5-17-15)18-8-10-6-13-14(7-11(10)16)21-9-20-13/h3-7,18H,2,8-9H2,1H3. The van der Waals surface area contributed by atoms with Crippen molar-refractivity contribution in [2.24, 2.45) is 0 Å². The molecule has 1 aromatic carbocycles. The highest BCUT2D eigenvalue weighted by molar-refractivity contribution is 9.10. The van der Waals surface area contributed by atoms with E-state index in [0.717, 1.165) is 27.2 Å². The van der Waals surface area contributed by atoms with Crippen LogP contribution in [0.3, 0.4) is 0 Å². The van der Waals surface area contributed by atoms with Crippen LogP contribution in [0.1, 0.15) is 12.5 Å². The van der Waals surface area contributed by atoms with Gasteiger partial charge in [-0.15, -0.1) is 0 Å². The van der Waals surface area contributed by atoms with Gasteiger partial charge in [0.2, 0.25) is 12.7 Å². The fraction of sp³-hybridized carbons (Fsp3) is 0.267. The van der Waals surface area contributed by atoms with E-state index in [0.29, 0.717) is 19.0 Å². The summed E-state index contributed by atoms with van der Waals surface area (Å²) >= 11 is 3.55. The lowest BCUT2D eigenvalue weighted by atomic mass is 10.2. The molecule has 0 spiro atoms. The van der Waals surface area contributed by atoms with Gasteiger partial charge in [-0.2, -0.15) is 0 Å². The lowest BCUT2D eigenvalue weighted by molar-refractivity contribution is 0.174. The number of hydrogen-bond acceptors (Lipinski definition) is 5. The number of pyridine rings is 1. The molecule has 0 amide bonds. The van der Waals surface area contributed by atoms with Crippen molar-refractivity contribution >= 4 is 21.6 Å². The van der Waals surface area contributed by atoms with Crippen LogP contribution in [-0.2, 0) is 6.54 Å². The van der Waals surface area contributed by atoms with Gasteiger partial charge in [-0.3, -0.25) is 0 Å². The normalized spacial score (nSPS) is 12.3. The predicted octanol–water partition coefficient (Wildman–Crippen LogP) is 3.58. The van der Waals surface area contributed by atoms with Gasteiger partial charge in [0, 0.05) is 17.2 Å². The van der Waals surface area contributed by atoms with Crippen LogP contribution in [0.2, 0.25) is 0 Å². The van der Waals surface area contributed by atoms with Crippen molar-refractivity contribution in [3.63, 3.8) is 0 Å². The van der Waals surface area contributed by atoms with Crippen molar-refractivity contribution in [1.82, 2.24) is 4.98 Å². The zero-order valence-corrected chi connectivity index (χ0v) is 13.1. The third-order valence-electron chi connectivity index (χ3n) is 3.06. The van der Waals surface area contributed by atoms with Crippen LogP contribution in [0.15, 0.2) is 34.9 Å². The van der Waals surface area contributed by atoms with Gasteiger partial charge in [0.25, 0.3) is 0 Å². The van der Waals surface area contributed by atoms with Gasteiger partial charge in [0.1, 0.15) is 0 Å². The van der Waals surface area contributed by atoms with Crippen molar-refractivity contribution in [1.29, 1.82) is 0 Å². The fourth-order valence-corrected chi connectivity index (χ4v) is 2.52. The number of nitrogens with zero attached hydrogens (tertiary/aromatic N) is 1. The van der Waals surface area contributed by atoms with Crippen LogP contribution in [-0.4, -0.2) is 18.4 Å². The Morgan fingerprint density at radius 1 is 1.33 bits per heavy atom. The number of anilines is 1. The second-order valence-electron chi connectivity index (χ2n) is 4.44. The van der Waals surface area contributed by atoms with Gasteiger partial charge >= 0.3 is 0 Å². The summed E-state index contributed by atoms with van der Waals surface area (Å²) in [7, 11) is 0. The molecule has 1 aromatic heterocycles. The van der Waals surface area contributed by atoms with Gasteiger partial charge in [-0.1, -0.05) is 15.9 Å². The Balaban J connectivity index is 1.76. The third kappa shape index (κ3) is 3.05. The van der Waals surface area contributed by atoms with Crippen LogP contribution in [0.4, 0.5) is 5.69 Å². The molecule has 2 heterocycles. The van der Waals surface area contributed by atoms with Crippen LogP contribution in [0.25, 0.3) is 0 Å². The Bertz CT molecular complexity index is 649. The molecule has 6 heteroatoms. The molecule has 1 N–H and O–H groups in total. The molecule has 0 unspecified atom stereocenters. The minimum atomic E-state index is 0.274. The summed E-state index contributed by atoms with van der Waals surface area (Å²) in [6.45, 7) is 3.42. The van der Waals surface area contributed by atoms with Crippen molar-refractivity contribution in [3.8, 4) is 17.4 Å². The quantitative estimate of drug-likeness (QED) is 0.892. The maximum atomic E-state index is 5.50. The molecular formula is C15H15BrN2O3. The molecule has 5 nitrogen and oxygen atoms in total. The smallest absolute Gasteiger partial charge is 0.237 e. The number of aromatic nitrogens is 1. The largest absolute Gasteiger partial charge is 0.476 e. The first-order valence-electron chi connectivity index (χ1n) is 6.67. The second kappa shape index (κ2) is 6.22. The van der Waals surface area contributed by atoms with E-state index in [1.54, 1.807) is 6.20 Å². The highest BCUT2D eigenvalue weighted by Gasteiger charge is 2.16. The Labute approximate surface area is 131 Å². The Hall–Kier alpha value is -1.95. The number of hydrogen-bond donors (Lipinski definition) is 1. The zero-order chi connectivity index (χ0) is 14.7. The minimum absolute atomic E-state index is 0.274. The fourth-order valence-electron chi connectivity index (χ4n) is 2.06. The summed E-state index contributed by atoms with van der Waals surface area (Å²) in [6.07, 6.45) is 1.71. The highest BCUT2D eigenvalue weighted by Crippen LogP contribution is 2.37. The molecule has 0 aliphatic carbocycles. The van der Waals surface area contributed by atoms with Crippen LogP contribution in [0, 0.1) is 0 Å². The van der Waals surface area contributed by atoms with Crippen molar-refractivity contribution < 1.29 is 14.2 Å². The van der Waals surface area contributed by atoms with E-state index >= 15 is 0 Å². The summed E-state index contributed by atoms with van der Waals surface area (Å²) in [5.74, 6) is 2.14. The van der Waals surface area contributed by atoms with Crippen molar-refractivity contribution in [3.05, 3.63) is 40.5 Å². The molecule has 0 radical (unpaired) electrons. The average Bonchev–Trinajstić information content (AvgIpc) is 2.93. The molecule has 0 bridgehead atoms. The first-order chi connectivity index (χ1) is 10.3. The van der Waals surface area contributed by atoms with Gasteiger partial charge in [0.05, 0.1) is 12.3 Å². The third-order valence-corrected chi connectivity index (χ3v) is 3.80. The Morgan fingerprint density at radius 2 is 2.14 bits per heavy atom. The lowest BCUT2D eigenvalue weighted by Gasteiger charge is -2.12. The van der Waals surface area contributed by atoms with Gasteiger partial charge in [-0.25, -0.2) is 4.98 Å². The SMILES string of the molecule is CCOc1ncccc1NCc1cc2c(cc1Br)OCO2. The number of benzene rings is 1. The predicted molar refractivity (Wildman–Crippen MR) is 83.0 cm³/mol. The van der Waals surface area contributed by atoms with E-state index in [-0.39, 0.29) is 6.79 Å². The molecule has 21 heavy (non-hydrogen) atoms. The highest BCUT2D eigenvalue weighted by atomic mass is 79.9. The maximum Gasteiger partial charge on any atom is 0.237 e. The molecule has 1 aliphatic heterocycles. The topological polar surface area (TPSA) is 52.6 Å². The average molecular weight is 351 g/mol. The van der Waals surface area contributed by atoms with Crippen molar-refractivity contribution in [2.75, 3.05) is 18.7 Å². The minimum Gasteiger partial charge on any atom is -0.476 e. The summed E-state index contributed by atoms with van der Waals surface area (Å²) < 4.78 is 17.2. The Kier molecular flexibility index (Phi) is 4.15. The molecule has 1 aliphatic rings. The summed E-state index contributed by atoms with van der Waals surface area (Å²) in [6, 6.07) is 7.71. The summed E-state index contributed by atoms with van der Waals surface area (Å²) in [4.78, 5) is 4.22. The monoisotopic (exact) mass is 350 g/mol. The first kappa shape index (κ1) is 14.0. The van der Waals surface area contributed by atoms with Gasteiger partial charge in [0.15, 0.2) is 11.5 Å². The Morgan fingerprint density at radius 3 is 2.95 bits per heavy atom. The zero-order valence-electron chi connectivity index (χ0n) is 11.6. The van der Waals surface area contributed by atoms with E-state index in [4.69, 9.17) is 14.2 Å². The van der Waals surface area contributed by atoms with E-state index in [2.05, 4.69) is 26.2 Å². The van der Waals surface area contributed by atoms with Crippen molar-refractivity contribution in [2.45, 2.75) is 13.5 Å². The maximum absolute atomic E-state index is 5.50. The number of nitrogens with one attached hydrogen (secondary N) is 1. The second-order valence-corrected chi connectivity index (χ2v) is 5.29. The molecule has 0 fully saturated rings. The molecule has 0 saturated heterocycles. The molecule has 0 atom stereocenters. The first-order valence-corrected chi connectivity index (χ1v) is 7.47. The number of rotatable bonds is 5. The van der Waals surface area contributed by atoms with Crippen LogP contribution in [0.5, 0.6) is 17.4 Å². The molecule has 110 valence electrons. The molecule has 2 aromatic rings. The molecule has 0 saturated carbocycles.